The van der Waals surface area contributed by atoms with Gasteiger partial charge in [-0.3, -0.25) is 9.59 Å². The average molecular weight is 307 g/mol. The van der Waals surface area contributed by atoms with E-state index in [9.17, 15) is 9.59 Å². The summed E-state index contributed by atoms with van der Waals surface area (Å²) < 4.78 is 0. The molecule has 0 spiro atoms. The van der Waals surface area contributed by atoms with E-state index in [1.165, 1.54) is 5.01 Å². The molecule has 23 heavy (non-hydrogen) atoms. The Morgan fingerprint density at radius 1 is 1.09 bits per heavy atom. The summed E-state index contributed by atoms with van der Waals surface area (Å²) in [5, 5.41) is 8.37. The third kappa shape index (κ3) is 3.29. The second kappa shape index (κ2) is 6.44. The molecule has 2 aromatic rings. The van der Waals surface area contributed by atoms with Gasteiger partial charge < -0.3 is 5.32 Å². The van der Waals surface area contributed by atoms with Gasteiger partial charge in [-0.1, -0.05) is 48.5 Å². The molecule has 0 unspecified atom stereocenters. The number of carbonyl (C=O) groups excluding carboxylic acids is 2. The lowest BCUT2D eigenvalue weighted by molar-refractivity contribution is -0.136. The number of benzene rings is 2. The molecule has 1 N–H and O–H groups in total. The van der Waals surface area contributed by atoms with Gasteiger partial charge >= 0.3 is 0 Å². The molecule has 2 aromatic carbocycles. The van der Waals surface area contributed by atoms with E-state index in [4.69, 9.17) is 0 Å². The molecular weight excluding hydrogens is 290 g/mol. The predicted octanol–water partition coefficient (Wildman–Crippen LogP) is 2.66. The minimum absolute atomic E-state index is 0.292. The monoisotopic (exact) mass is 307 g/mol. The van der Waals surface area contributed by atoms with Crippen LogP contribution in [0, 0.1) is 5.92 Å². The van der Waals surface area contributed by atoms with Crippen molar-refractivity contribution in [2.45, 2.75) is 13.5 Å². The van der Waals surface area contributed by atoms with Crippen molar-refractivity contribution in [1.82, 2.24) is 5.01 Å². The van der Waals surface area contributed by atoms with Gasteiger partial charge in [0.05, 0.1) is 12.3 Å². The fourth-order valence-corrected chi connectivity index (χ4v) is 2.53. The van der Waals surface area contributed by atoms with Crippen LogP contribution in [0.2, 0.25) is 0 Å². The quantitative estimate of drug-likeness (QED) is 0.883. The lowest BCUT2D eigenvalue weighted by atomic mass is 10.0. The summed E-state index contributed by atoms with van der Waals surface area (Å²) in [6, 6.07) is 18.7. The summed E-state index contributed by atoms with van der Waals surface area (Å²) in [5.74, 6) is -1.50. The van der Waals surface area contributed by atoms with E-state index in [0.29, 0.717) is 17.9 Å². The zero-order chi connectivity index (χ0) is 16.2. The zero-order valence-electron chi connectivity index (χ0n) is 12.8. The maximum atomic E-state index is 12.5. The zero-order valence-corrected chi connectivity index (χ0v) is 12.8. The predicted molar refractivity (Wildman–Crippen MR) is 88.7 cm³/mol. The van der Waals surface area contributed by atoms with E-state index in [1.54, 1.807) is 19.1 Å². The highest BCUT2D eigenvalue weighted by Crippen LogP contribution is 2.20. The molecule has 5 heteroatoms. The number of anilines is 1. The molecule has 2 amide bonds. The number of rotatable bonds is 4. The Morgan fingerprint density at radius 2 is 1.70 bits per heavy atom. The van der Waals surface area contributed by atoms with Crippen molar-refractivity contribution in [3.8, 4) is 0 Å². The highest BCUT2D eigenvalue weighted by molar-refractivity contribution is 6.24. The Kier molecular flexibility index (Phi) is 4.19. The van der Waals surface area contributed by atoms with Gasteiger partial charge in [0, 0.05) is 5.69 Å². The Bertz CT molecular complexity index is 741. The van der Waals surface area contributed by atoms with Gasteiger partial charge in [-0.15, -0.1) is 0 Å². The first-order chi connectivity index (χ1) is 11.1. The van der Waals surface area contributed by atoms with Crippen LogP contribution < -0.4 is 5.32 Å². The van der Waals surface area contributed by atoms with Crippen molar-refractivity contribution in [3.63, 3.8) is 0 Å². The molecule has 1 aliphatic rings. The summed E-state index contributed by atoms with van der Waals surface area (Å²) in [6.45, 7) is 2.07. The lowest BCUT2D eigenvalue weighted by Gasteiger charge is -2.14. The van der Waals surface area contributed by atoms with Gasteiger partial charge in [0.15, 0.2) is 5.92 Å². The fraction of sp³-hybridized carbons (Fsp3) is 0.167. The first-order valence-corrected chi connectivity index (χ1v) is 7.41. The van der Waals surface area contributed by atoms with Gasteiger partial charge in [-0.25, -0.2) is 5.01 Å². The molecule has 1 aliphatic heterocycles. The number of hydrazone groups is 1. The fourth-order valence-electron chi connectivity index (χ4n) is 2.53. The van der Waals surface area contributed by atoms with Gasteiger partial charge in [-0.05, 0) is 24.6 Å². The Morgan fingerprint density at radius 3 is 2.35 bits per heavy atom. The molecule has 0 saturated carbocycles. The van der Waals surface area contributed by atoms with Crippen LogP contribution in [-0.4, -0.2) is 22.5 Å². The van der Waals surface area contributed by atoms with E-state index in [0.717, 1.165) is 5.56 Å². The molecular formula is C18H17N3O2. The Balaban J connectivity index is 1.71. The van der Waals surface area contributed by atoms with E-state index in [2.05, 4.69) is 10.4 Å². The minimum atomic E-state index is -0.862. The Hall–Kier alpha value is -2.95. The summed E-state index contributed by atoms with van der Waals surface area (Å²) in [7, 11) is 0. The maximum Gasteiger partial charge on any atom is 0.261 e. The second-order valence-corrected chi connectivity index (χ2v) is 5.41. The van der Waals surface area contributed by atoms with E-state index in [1.807, 2.05) is 48.5 Å². The van der Waals surface area contributed by atoms with E-state index in [-0.39, 0.29) is 11.8 Å². The summed E-state index contributed by atoms with van der Waals surface area (Å²) >= 11 is 0. The lowest BCUT2D eigenvalue weighted by Crippen LogP contribution is -2.35. The van der Waals surface area contributed by atoms with Gasteiger partial charge in [0.2, 0.25) is 5.91 Å². The number of hydrogen-bond donors (Lipinski definition) is 1. The molecule has 1 heterocycles. The van der Waals surface area contributed by atoms with Crippen LogP contribution in [0.3, 0.4) is 0 Å². The average Bonchev–Trinajstić information content (AvgIpc) is 2.83. The summed E-state index contributed by atoms with van der Waals surface area (Å²) in [6.07, 6.45) is 0. The molecule has 3 rings (SSSR count). The first-order valence-electron chi connectivity index (χ1n) is 7.41. The smallest absolute Gasteiger partial charge is 0.261 e. The Labute approximate surface area is 134 Å². The third-order valence-corrected chi connectivity index (χ3v) is 3.68. The molecule has 1 atom stereocenters. The van der Waals surface area contributed by atoms with Crippen LogP contribution in [0.25, 0.3) is 0 Å². The highest BCUT2D eigenvalue weighted by atomic mass is 16.2. The van der Waals surface area contributed by atoms with Gasteiger partial charge in [0.25, 0.3) is 5.91 Å². The number of nitrogens with zero attached hydrogens (tertiary/aromatic N) is 2. The van der Waals surface area contributed by atoms with Gasteiger partial charge in [0.1, 0.15) is 0 Å². The maximum absolute atomic E-state index is 12.5. The first kappa shape index (κ1) is 15.0. The van der Waals surface area contributed by atoms with E-state index < -0.39 is 5.92 Å². The van der Waals surface area contributed by atoms with Crippen LogP contribution in [0.1, 0.15) is 12.5 Å². The van der Waals surface area contributed by atoms with Crippen LogP contribution >= 0.6 is 0 Å². The van der Waals surface area contributed by atoms with Crippen LogP contribution in [-0.2, 0) is 16.1 Å². The number of amides is 2. The topological polar surface area (TPSA) is 61.8 Å². The van der Waals surface area contributed by atoms with Crippen molar-refractivity contribution in [1.29, 1.82) is 0 Å². The van der Waals surface area contributed by atoms with Crippen molar-refractivity contribution in [2.75, 3.05) is 5.32 Å². The van der Waals surface area contributed by atoms with Gasteiger partial charge in [-0.2, -0.15) is 5.10 Å². The molecule has 0 radical (unpaired) electrons. The number of carbonyl (C=O) groups is 2. The number of para-hydroxylation sites is 1. The molecule has 116 valence electrons. The second-order valence-electron chi connectivity index (χ2n) is 5.41. The molecule has 5 nitrogen and oxygen atoms in total. The SMILES string of the molecule is CC1=NN(Cc2ccccc2)C(=O)[C@H]1C(=O)Nc1ccccc1. The molecule has 0 saturated heterocycles. The number of hydrogen-bond acceptors (Lipinski definition) is 3. The normalized spacial score (nSPS) is 17.1. The van der Waals surface area contributed by atoms with Crippen molar-refractivity contribution < 1.29 is 9.59 Å². The summed E-state index contributed by atoms with van der Waals surface area (Å²) in [5.41, 5.74) is 2.15. The van der Waals surface area contributed by atoms with E-state index >= 15 is 0 Å². The molecule has 0 bridgehead atoms. The van der Waals surface area contributed by atoms with Crippen LogP contribution in [0.4, 0.5) is 5.69 Å². The third-order valence-electron chi connectivity index (χ3n) is 3.68. The summed E-state index contributed by atoms with van der Waals surface area (Å²) in [4.78, 5) is 24.9. The largest absolute Gasteiger partial charge is 0.325 e. The van der Waals surface area contributed by atoms with Crippen LogP contribution in [0.5, 0.6) is 0 Å². The molecule has 0 fully saturated rings. The molecule has 0 aliphatic carbocycles. The standard InChI is InChI=1S/C18H17N3O2/c1-13-16(17(22)19-15-10-6-3-7-11-15)18(23)21(20-13)12-14-8-4-2-5-9-14/h2-11,16H,12H2,1H3,(H,19,22)/t16-/m1/s1. The van der Waals surface area contributed by atoms with Crippen molar-refractivity contribution in [3.05, 3.63) is 66.2 Å². The minimum Gasteiger partial charge on any atom is -0.325 e. The van der Waals surface area contributed by atoms with Crippen molar-refractivity contribution in [2.24, 2.45) is 11.0 Å². The van der Waals surface area contributed by atoms with Crippen LogP contribution in [0.15, 0.2) is 65.8 Å². The number of nitrogens with one attached hydrogen (secondary N) is 1. The highest BCUT2D eigenvalue weighted by Gasteiger charge is 2.38. The van der Waals surface area contributed by atoms with Crippen molar-refractivity contribution >= 4 is 23.2 Å². The molecule has 0 aromatic heterocycles.